The zero-order valence-electron chi connectivity index (χ0n) is 21.9. The maximum Gasteiger partial charge on any atom is 0.410 e. The van der Waals surface area contributed by atoms with Crippen LogP contribution in [0, 0.1) is 0 Å². The highest BCUT2D eigenvalue weighted by Gasteiger charge is 2.47. The van der Waals surface area contributed by atoms with E-state index in [2.05, 4.69) is 15.7 Å². The van der Waals surface area contributed by atoms with Crippen molar-refractivity contribution in [3.05, 3.63) is 126 Å². The minimum absolute atomic E-state index is 0.0545. The number of fused-ring (bicyclic) bond motifs is 2. The summed E-state index contributed by atoms with van der Waals surface area (Å²) in [6, 6.07) is 27.9. The third kappa shape index (κ3) is 5.75. The van der Waals surface area contributed by atoms with Crippen LogP contribution in [0.25, 0.3) is 10.8 Å². The van der Waals surface area contributed by atoms with Crippen molar-refractivity contribution >= 4 is 22.5 Å². The van der Waals surface area contributed by atoms with Crippen LogP contribution in [0.15, 0.2) is 103 Å². The number of carbonyl (C=O) groups is 1. The van der Waals surface area contributed by atoms with Crippen molar-refractivity contribution in [1.29, 1.82) is 0 Å². The summed E-state index contributed by atoms with van der Waals surface area (Å²) in [7, 11) is 0. The Bertz CT molecular complexity index is 1670. The molecule has 0 bridgehead atoms. The van der Waals surface area contributed by atoms with Crippen LogP contribution in [0.3, 0.4) is 0 Å². The van der Waals surface area contributed by atoms with Crippen molar-refractivity contribution in [2.75, 3.05) is 5.32 Å². The summed E-state index contributed by atoms with van der Waals surface area (Å²) in [6.07, 6.45) is -3.58. The van der Waals surface area contributed by atoms with Gasteiger partial charge in [-0.25, -0.2) is 4.68 Å². The summed E-state index contributed by atoms with van der Waals surface area (Å²) in [5.41, 5.74) is 2.65. The van der Waals surface area contributed by atoms with Gasteiger partial charge in [-0.1, -0.05) is 78.9 Å². The smallest absolute Gasteiger partial charge is 0.410 e. The van der Waals surface area contributed by atoms with E-state index in [0.717, 1.165) is 26.6 Å². The molecule has 1 aliphatic heterocycles. The quantitative estimate of drug-likeness (QED) is 0.222. The van der Waals surface area contributed by atoms with E-state index in [4.69, 9.17) is 4.74 Å². The number of anilines is 1. The predicted octanol–water partition coefficient (Wildman–Crippen LogP) is 7.21. The van der Waals surface area contributed by atoms with Crippen molar-refractivity contribution in [2.45, 2.75) is 37.8 Å². The van der Waals surface area contributed by atoms with Gasteiger partial charge in [0.2, 0.25) is 0 Å². The van der Waals surface area contributed by atoms with Crippen LogP contribution < -0.4 is 15.4 Å². The lowest BCUT2D eigenvalue weighted by Gasteiger charge is -2.34. The van der Waals surface area contributed by atoms with E-state index < -0.39 is 24.2 Å². The van der Waals surface area contributed by atoms with Crippen LogP contribution in [0.4, 0.5) is 19.0 Å². The van der Waals surface area contributed by atoms with E-state index in [1.54, 1.807) is 0 Å². The molecule has 2 atom stereocenters. The Morgan fingerprint density at radius 2 is 1.66 bits per heavy atom. The first-order chi connectivity index (χ1) is 19.8. The molecule has 1 aliphatic rings. The normalized spacial score (nSPS) is 16.6. The highest BCUT2D eigenvalue weighted by Crippen LogP contribution is 2.44. The average molecular weight is 557 g/mol. The number of amides is 1. The van der Waals surface area contributed by atoms with Gasteiger partial charge in [-0.05, 0) is 45.7 Å². The topological polar surface area (TPSA) is 68.2 Å². The molecule has 0 saturated heterocycles. The largest absolute Gasteiger partial charge is 0.489 e. The molecule has 0 spiro atoms. The second-order valence-corrected chi connectivity index (χ2v) is 10.0. The van der Waals surface area contributed by atoms with E-state index in [1.807, 2.05) is 97.1 Å². The van der Waals surface area contributed by atoms with E-state index in [9.17, 15) is 18.0 Å². The standard InChI is InChI=1S/C32H27F3N4O2/c33-32(34,35)29-17-28(25-13-12-23-8-4-5-9-24(23)16-25)38-30-27(19-37-39(29)30)31(40)36-18-21-10-14-26(15-11-21)41-20-22-6-2-1-3-7-22/h1-16,19,28-29,38H,17-18,20H2,(H,36,40). The molecule has 1 aromatic heterocycles. The molecule has 9 heteroatoms. The van der Waals surface area contributed by atoms with Crippen LogP contribution in [0.2, 0.25) is 0 Å². The summed E-state index contributed by atoms with van der Waals surface area (Å²) in [4.78, 5) is 13.1. The summed E-state index contributed by atoms with van der Waals surface area (Å²) in [5.74, 6) is 0.235. The molecule has 1 amide bonds. The second kappa shape index (κ2) is 11.0. The monoisotopic (exact) mass is 556 g/mol. The summed E-state index contributed by atoms with van der Waals surface area (Å²) >= 11 is 0. The van der Waals surface area contributed by atoms with Gasteiger partial charge in [0.1, 0.15) is 23.7 Å². The first-order valence-corrected chi connectivity index (χ1v) is 13.3. The number of carbonyl (C=O) groups excluding carboxylic acids is 1. The molecule has 6 nitrogen and oxygen atoms in total. The van der Waals surface area contributed by atoms with Gasteiger partial charge in [0, 0.05) is 13.0 Å². The molecular formula is C32H27F3N4O2. The molecule has 5 aromatic rings. The predicted molar refractivity (Wildman–Crippen MR) is 151 cm³/mol. The van der Waals surface area contributed by atoms with Crippen LogP contribution in [0.1, 0.15) is 45.6 Å². The summed E-state index contributed by atoms with van der Waals surface area (Å²) in [6.45, 7) is 0.634. The Morgan fingerprint density at radius 3 is 2.41 bits per heavy atom. The molecule has 4 aromatic carbocycles. The van der Waals surface area contributed by atoms with Gasteiger partial charge >= 0.3 is 6.18 Å². The second-order valence-electron chi connectivity index (χ2n) is 10.0. The molecule has 2 unspecified atom stereocenters. The lowest BCUT2D eigenvalue weighted by Crippen LogP contribution is -2.36. The number of alkyl halides is 3. The van der Waals surface area contributed by atoms with E-state index in [-0.39, 0.29) is 24.3 Å². The molecule has 0 fully saturated rings. The third-order valence-corrected chi connectivity index (χ3v) is 7.28. The van der Waals surface area contributed by atoms with E-state index in [1.165, 1.54) is 6.20 Å². The van der Waals surface area contributed by atoms with E-state index in [0.29, 0.717) is 17.9 Å². The molecule has 2 N–H and O–H groups in total. The number of halogens is 3. The fourth-order valence-electron chi connectivity index (χ4n) is 5.09. The molecule has 0 saturated carbocycles. The number of benzene rings is 4. The van der Waals surface area contributed by atoms with Crippen molar-refractivity contribution in [2.24, 2.45) is 0 Å². The van der Waals surface area contributed by atoms with Crippen molar-refractivity contribution in [1.82, 2.24) is 15.1 Å². The zero-order valence-corrected chi connectivity index (χ0v) is 21.9. The number of aromatic nitrogens is 2. The van der Waals surface area contributed by atoms with Gasteiger partial charge in [-0.3, -0.25) is 4.79 Å². The highest BCUT2D eigenvalue weighted by molar-refractivity contribution is 5.99. The lowest BCUT2D eigenvalue weighted by atomic mass is 9.94. The van der Waals surface area contributed by atoms with Crippen LogP contribution in [-0.2, 0) is 13.2 Å². The summed E-state index contributed by atoms with van der Waals surface area (Å²) in [5, 5.41) is 11.9. The van der Waals surface area contributed by atoms with E-state index >= 15 is 0 Å². The lowest BCUT2D eigenvalue weighted by molar-refractivity contribution is -0.173. The molecule has 2 heterocycles. The number of hydrogen-bond donors (Lipinski definition) is 2. The molecule has 41 heavy (non-hydrogen) atoms. The van der Waals surface area contributed by atoms with Crippen molar-refractivity contribution in [3.8, 4) is 5.75 Å². The first kappa shape index (κ1) is 26.4. The molecule has 0 radical (unpaired) electrons. The average Bonchev–Trinajstić information content (AvgIpc) is 3.43. The number of hydrogen-bond acceptors (Lipinski definition) is 4. The Balaban J connectivity index is 1.16. The van der Waals surface area contributed by atoms with Crippen molar-refractivity contribution in [3.63, 3.8) is 0 Å². The maximum absolute atomic E-state index is 14.1. The Labute approximate surface area is 234 Å². The third-order valence-electron chi connectivity index (χ3n) is 7.28. The van der Waals surface area contributed by atoms with Gasteiger partial charge in [-0.15, -0.1) is 0 Å². The van der Waals surface area contributed by atoms with Crippen LogP contribution in [-0.4, -0.2) is 21.9 Å². The van der Waals surface area contributed by atoms with Gasteiger partial charge < -0.3 is 15.4 Å². The molecular weight excluding hydrogens is 529 g/mol. The van der Waals surface area contributed by atoms with Crippen molar-refractivity contribution < 1.29 is 22.7 Å². The minimum Gasteiger partial charge on any atom is -0.489 e. The van der Waals surface area contributed by atoms with Gasteiger partial charge in [-0.2, -0.15) is 18.3 Å². The number of ether oxygens (including phenoxy) is 1. The number of rotatable bonds is 7. The Kier molecular flexibility index (Phi) is 7.09. The van der Waals surface area contributed by atoms with Gasteiger partial charge in [0.05, 0.1) is 12.2 Å². The Hall–Kier alpha value is -4.79. The molecule has 6 rings (SSSR count). The fraction of sp³-hybridized carbons (Fsp3) is 0.188. The molecule has 208 valence electrons. The SMILES string of the molecule is O=C(NCc1ccc(OCc2ccccc2)cc1)c1cnn2c1NC(c1ccc3ccccc3c1)CC2C(F)(F)F. The first-order valence-electron chi connectivity index (χ1n) is 13.3. The fourth-order valence-corrected chi connectivity index (χ4v) is 5.09. The van der Waals surface area contributed by atoms with Crippen LogP contribution in [0.5, 0.6) is 5.75 Å². The summed E-state index contributed by atoms with van der Waals surface area (Å²) < 4.78 is 49.1. The highest BCUT2D eigenvalue weighted by atomic mass is 19.4. The maximum atomic E-state index is 14.1. The van der Waals surface area contributed by atoms with Gasteiger partial charge in [0.25, 0.3) is 5.91 Å². The minimum atomic E-state index is -4.53. The van der Waals surface area contributed by atoms with Crippen LogP contribution >= 0.6 is 0 Å². The Morgan fingerprint density at radius 1 is 0.927 bits per heavy atom. The van der Waals surface area contributed by atoms with Gasteiger partial charge in [0.15, 0.2) is 6.04 Å². The molecule has 0 aliphatic carbocycles. The number of nitrogens with one attached hydrogen (secondary N) is 2. The zero-order chi connectivity index (χ0) is 28.4. The number of nitrogens with zero attached hydrogens (tertiary/aromatic N) is 2.